The molecule has 4 nitrogen and oxygen atoms in total. The maximum absolute atomic E-state index is 4.74. The van der Waals surface area contributed by atoms with Gasteiger partial charge in [0.2, 0.25) is 0 Å². The number of rotatable bonds is 9. The van der Waals surface area contributed by atoms with Crippen LogP contribution in [0, 0.1) is 5.92 Å². The van der Waals surface area contributed by atoms with Gasteiger partial charge in [-0.1, -0.05) is 33.6 Å². The van der Waals surface area contributed by atoms with Crippen molar-refractivity contribution in [2.24, 2.45) is 10.9 Å². The van der Waals surface area contributed by atoms with Crippen molar-refractivity contribution in [1.82, 2.24) is 15.5 Å². The summed E-state index contributed by atoms with van der Waals surface area (Å²) >= 11 is 0. The number of hydrogen-bond acceptors (Lipinski definition) is 2. The van der Waals surface area contributed by atoms with Crippen LogP contribution in [0.2, 0.25) is 0 Å². The van der Waals surface area contributed by atoms with Crippen molar-refractivity contribution < 1.29 is 0 Å². The van der Waals surface area contributed by atoms with Gasteiger partial charge in [-0.05, 0) is 33.4 Å². The fraction of sp³-hybridized carbons (Fsp3) is 0.933. The van der Waals surface area contributed by atoms with Crippen LogP contribution in [-0.4, -0.2) is 50.6 Å². The van der Waals surface area contributed by atoms with E-state index in [-0.39, 0.29) is 24.0 Å². The molecule has 0 radical (unpaired) electrons. The zero-order valence-electron chi connectivity index (χ0n) is 14.2. The van der Waals surface area contributed by atoms with E-state index in [0.717, 1.165) is 32.0 Å². The lowest BCUT2D eigenvalue weighted by Crippen LogP contribution is -2.41. The van der Waals surface area contributed by atoms with Crippen LogP contribution in [0.25, 0.3) is 0 Å². The van der Waals surface area contributed by atoms with Crippen molar-refractivity contribution in [3.63, 3.8) is 0 Å². The zero-order chi connectivity index (χ0) is 14.7. The van der Waals surface area contributed by atoms with Gasteiger partial charge in [0.05, 0.1) is 6.54 Å². The highest BCUT2D eigenvalue weighted by atomic mass is 127. The third-order valence-corrected chi connectivity index (χ3v) is 3.58. The number of halogens is 1. The quantitative estimate of drug-likeness (QED) is 0.357. The van der Waals surface area contributed by atoms with Crippen LogP contribution in [0.3, 0.4) is 0 Å². The Morgan fingerprint density at radius 3 is 2.05 bits per heavy atom. The fourth-order valence-corrected chi connectivity index (χ4v) is 2.34. The zero-order valence-corrected chi connectivity index (χ0v) is 16.5. The fourth-order valence-electron chi connectivity index (χ4n) is 2.34. The van der Waals surface area contributed by atoms with Crippen LogP contribution in [0.4, 0.5) is 0 Å². The molecule has 0 aliphatic rings. The van der Waals surface area contributed by atoms with Gasteiger partial charge in [0, 0.05) is 19.1 Å². The predicted molar refractivity (Wildman–Crippen MR) is 101 cm³/mol. The summed E-state index contributed by atoms with van der Waals surface area (Å²) in [5, 5.41) is 6.67. The van der Waals surface area contributed by atoms with Gasteiger partial charge >= 0.3 is 0 Å². The molecule has 0 spiro atoms. The molecule has 0 rings (SSSR count). The summed E-state index contributed by atoms with van der Waals surface area (Å²) in [6.07, 6.45) is 3.55. The van der Waals surface area contributed by atoms with Gasteiger partial charge in [0.1, 0.15) is 0 Å². The smallest absolute Gasteiger partial charge is 0.191 e. The van der Waals surface area contributed by atoms with E-state index in [1.165, 1.54) is 12.8 Å². The maximum atomic E-state index is 4.74. The van der Waals surface area contributed by atoms with Gasteiger partial charge in [-0.15, -0.1) is 24.0 Å². The first kappa shape index (κ1) is 22.2. The number of nitrogens with zero attached hydrogens (tertiary/aromatic N) is 2. The highest BCUT2D eigenvalue weighted by molar-refractivity contribution is 14.0. The second-order valence-electron chi connectivity index (χ2n) is 5.25. The minimum atomic E-state index is 0. The lowest BCUT2D eigenvalue weighted by Gasteiger charge is -2.30. The van der Waals surface area contributed by atoms with Crippen molar-refractivity contribution in [3.8, 4) is 0 Å². The number of nitrogens with one attached hydrogen (secondary N) is 2. The highest BCUT2D eigenvalue weighted by Gasteiger charge is 2.20. The Bertz CT molecular complexity index is 240. The van der Waals surface area contributed by atoms with E-state index in [1.54, 1.807) is 0 Å². The third-order valence-electron chi connectivity index (χ3n) is 3.58. The summed E-state index contributed by atoms with van der Waals surface area (Å²) in [7, 11) is 4.32. The summed E-state index contributed by atoms with van der Waals surface area (Å²) in [4.78, 5) is 7.05. The van der Waals surface area contributed by atoms with Crippen LogP contribution >= 0.6 is 24.0 Å². The molecule has 1 atom stereocenters. The lowest BCUT2D eigenvalue weighted by atomic mass is 9.93. The van der Waals surface area contributed by atoms with Gasteiger partial charge in [-0.25, -0.2) is 0 Å². The third kappa shape index (κ3) is 9.00. The van der Waals surface area contributed by atoms with E-state index in [4.69, 9.17) is 4.99 Å². The van der Waals surface area contributed by atoms with Gasteiger partial charge < -0.3 is 15.5 Å². The molecule has 0 aliphatic carbocycles. The molecule has 0 saturated carbocycles. The van der Waals surface area contributed by atoms with Gasteiger partial charge in [-0.3, -0.25) is 4.99 Å². The average Bonchev–Trinajstić information content (AvgIpc) is 2.40. The topological polar surface area (TPSA) is 39.7 Å². The molecule has 2 N–H and O–H groups in total. The lowest BCUT2D eigenvalue weighted by molar-refractivity contribution is 0.206. The average molecular weight is 398 g/mol. The molecule has 0 fully saturated rings. The van der Waals surface area contributed by atoms with E-state index in [2.05, 4.69) is 57.3 Å². The summed E-state index contributed by atoms with van der Waals surface area (Å²) in [6, 6.07) is 0.520. The maximum Gasteiger partial charge on any atom is 0.191 e. The molecule has 0 aromatic carbocycles. The highest BCUT2D eigenvalue weighted by Crippen LogP contribution is 2.17. The van der Waals surface area contributed by atoms with Crippen molar-refractivity contribution in [3.05, 3.63) is 0 Å². The molecule has 0 bridgehead atoms. The van der Waals surface area contributed by atoms with Gasteiger partial charge in [0.25, 0.3) is 0 Å². The monoisotopic (exact) mass is 398 g/mol. The predicted octanol–water partition coefficient (Wildman–Crippen LogP) is 2.94. The molecule has 122 valence electrons. The van der Waals surface area contributed by atoms with Crippen LogP contribution in [0.15, 0.2) is 4.99 Å². The molecule has 0 heterocycles. The summed E-state index contributed by atoms with van der Waals surface area (Å²) in [6.45, 7) is 11.6. The molecular weight excluding hydrogens is 363 g/mol. The van der Waals surface area contributed by atoms with Crippen molar-refractivity contribution in [1.29, 1.82) is 0 Å². The SMILES string of the molecule is CCCNC(=NCC(C(CC)CC)N(C)C)NCC.I. The largest absolute Gasteiger partial charge is 0.357 e. The molecule has 0 aromatic rings. The summed E-state index contributed by atoms with van der Waals surface area (Å²) in [5.74, 6) is 1.66. The molecular formula is C15H35IN4. The van der Waals surface area contributed by atoms with E-state index in [1.807, 2.05) is 0 Å². The van der Waals surface area contributed by atoms with Crippen LogP contribution in [-0.2, 0) is 0 Å². The van der Waals surface area contributed by atoms with E-state index in [0.29, 0.717) is 12.0 Å². The Hall–Kier alpha value is -0.0400. The molecule has 0 aliphatic heterocycles. The molecule has 0 saturated heterocycles. The number of likely N-dealkylation sites (N-methyl/N-ethyl adjacent to an activating group) is 1. The van der Waals surface area contributed by atoms with Gasteiger partial charge in [-0.2, -0.15) is 0 Å². The second-order valence-corrected chi connectivity index (χ2v) is 5.25. The molecule has 0 amide bonds. The van der Waals surface area contributed by atoms with E-state index < -0.39 is 0 Å². The first-order valence-corrected chi connectivity index (χ1v) is 7.79. The van der Waals surface area contributed by atoms with Crippen LogP contribution in [0.5, 0.6) is 0 Å². The Morgan fingerprint density at radius 1 is 1.05 bits per heavy atom. The summed E-state index contributed by atoms with van der Waals surface area (Å²) in [5.41, 5.74) is 0. The van der Waals surface area contributed by atoms with E-state index in [9.17, 15) is 0 Å². The first-order valence-electron chi connectivity index (χ1n) is 7.79. The Kier molecular flexibility index (Phi) is 15.5. The number of aliphatic imine (C=N–C) groups is 1. The second kappa shape index (κ2) is 13.9. The Labute approximate surface area is 143 Å². The van der Waals surface area contributed by atoms with Crippen molar-refractivity contribution in [2.45, 2.75) is 53.0 Å². The standard InChI is InChI=1S/C15H34N4.HI/c1-7-11-17-15(16-10-4)18-12-14(19(5)6)13(8-2)9-3;/h13-14H,7-12H2,1-6H3,(H2,16,17,18);1H. The first-order chi connectivity index (χ1) is 9.10. The minimum absolute atomic E-state index is 0. The van der Waals surface area contributed by atoms with Gasteiger partial charge in [0.15, 0.2) is 5.96 Å². The number of hydrogen-bond donors (Lipinski definition) is 2. The minimum Gasteiger partial charge on any atom is -0.357 e. The van der Waals surface area contributed by atoms with E-state index >= 15 is 0 Å². The molecule has 1 unspecified atom stereocenters. The Balaban J connectivity index is 0. The Morgan fingerprint density at radius 2 is 1.65 bits per heavy atom. The number of guanidine groups is 1. The summed E-state index contributed by atoms with van der Waals surface area (Å²) < 4.78 is 0. The van der Waals surface area contributed by atoms with Crippen molar-refractivity contribution in [2.75, 3.05) is 33.7 Å². The van der Waals surface area contributed by atoms with Crippen LogP contribution in [0.1, 0.15) is 47.0 Å². The van der Waals surface area contributed by atoms with Crippen molar-refractivity contribution >= 4 is 29.9 Å². The molecule has 0 aromatic heterocycles. The normalized spacial score (nSPS) is 13.3. The van der Waals surface area contributed by atoms with Crippen LogP contribution < -0.4 is 10.6 Å². The molecule has 20 heavy (non-hydrogen) atoms. The molecule has 5 heteroatoms.